The molecule has 5 aliphatic heterocycles. The highest BCUT2D eigenvalue weighted by atomic mass is 16.6. The van der Waals surface area contributed by atoms with Gasteiger partial charge in [-0.3, -0.25) is 9.59 Å². The third kappa shape index (κ3) is 1.58. The molecule has 28 heavy (non-hydrogen) atoms. The minimum Gasteiger partial charge on any atom is -0.472 e. The lowest BCUT2D eigenvalue weighted by molar-refractivity contribution is -0.271. The van der Waals surface area contributed by atoms with Gasteiger partial charge in [-0.05, 0) is 31.2 Å². The molecule has 1 unspecified atom stereocenters. The van der Waals surface area contributed by atoms with E-state index in [1.807, 2.05) is 0 Å². The fourth-order valence-electron chi connectivity index (χ4n) is 6.91. The van der Waals surface area contributed by atoms with E-state index in [-0.39, 0.29) is 37.4 Å². The number of fused-ring (bicyclic) bond motifs is 3. The summed E-state index contributed by atoms with van der Waals surface area (Å²) in [6.07, 6.45) is 3.66. The maximum Gasteiger partial charge on any atom is 0.351 e. The fraction of sp³-hybridized carbons (Fsp3) is 0.650. The summed E-state index contributed by atoms with van der Waals surface area (Å²) in [4.78, 5) is 39.4. The molecule has 2 spiro atoms. The van der Waals surface area contributed by atoms with Gasteiger partial charge in [0.2, 0.25) is 5.60 Å². The molecule has 2 aliphatic carbocycles. The molecule has 1 aromatic heterocycles. The van der Waals surface area contributed by atoms with Crippen LogP contribution in [-0.2, 0) is 28.6 Å². The Bertz CT molecular complexity index is 892. The van der Waals surface area contributed by atoms with Crippen molar-refractivity contribution in [3.8, 4) is 0 Å². The van der Waals surface area contributed by atoms with Crippen LogP contribution >= 0.6 is 0 Å². The quantitative estimate of drug-likeness (QED) is 0.595. The van der Waals surface area contributed by atoms with E-state index in [2.05, 4.69) is 0 Å². The molecule has 7 fully saturated rings. The number of hydrogen-bond donors (Lipinski definition) is 1. The Hall–Kier alpha value is -2.35. The Labute approximate surface area is 160 Å². The molecule has 1 N–H and O–H groups in total. The standard InChI is InChI=1S/C20H20O8/c21-9-18-7-13(10-1-4-25-8-10)27-17(24)20(18)3-2-19-12(15(22)28-20)5-11(6-14(18)19)26-16(19)23/h1,4,8,11-14,21H,2-3,5-7,9H2/t11?,12-,13+,14+,18-,19+,20+/m1/s1. The summed E-state index contributed by atoms with van der Waals surface area (Å²) in [7, 11) is 0. The van der Waals surface area contributed by atoms with E-state index in [1.165, 1.54) is 12.5 Å². The van der Waals surface area contributed by atoms with Crippen LogP contribution in [0, 0.1) is 22.7 Å². The third-order valence-corrected chi connectivity index (χ3v) is 8.14. The summed E-state index contributed by atoms with van der Waals surface area (Å²) in [6.45, 7) is -0.372. The van der Waals surface area contributed by atoms with Crippen molar-refractivity contribution in [1.29, 1.82) is 0 Å². The van der Waals surface area contributed by atoms with Crippen LogP contribution in [0.5, 0.6) is 0 Å². The van der Waals surface area contributed by atoms with Gasteiger partial charge in [0.1, 0.15) is 12.2 Å². The first-order valence-corrected chi connectivity index (χ1v) is 9.75. The molecule has 6 heterocycles. The SMILES string of the molecule is O=C1O[C@]23CC[C@]45C(=O)OC(C[C@H]14)C[C@H]5[C@]2(CO)C[C@@H](c1ccoc1)OC3=O. The first kappa shape index (κ1) is 16.6. The molecule has 0 amide bonds. The lowest BCUT2D eigenvalue weighted by Gasteiger charge is -2.64. The van der Waals surface area contributed by atoms with Crippen molar-refractivity contribution in [1.82, 2.24) is 0 Å². The van der Waals surface area contributed by atoms with Crippen LogP contribution in [-0.4, -0.2) is 41.3 Å². The Morgan fingerprint density at radius 1 is 1.11 bits per heavy atom. The van der Waals surface area contributed by atoms with E-state index < -0.39 is 40.4 Å². The monoisotopic (exact) mass is 388 g/mol. The number of hydrogen-bond acceptors (Lipinski definition) is 8. The minimum atomic E-state index is -1.56. The zero-order valence-electron chi connectivity index (χ0n) is 15.1. The second-order valence-electron chi connectivity index (χ2n) is 8.86. The molecule has 7 aliphatic rings. The topological polar surface area (TPSA) is 112 Å². The molecule has 2 saturated carbocycles. The number of carbonyl (C=O) groups excluding carboxylic acids is 3. The van der Waals surface area contributed by atoms with Crippen molar-refractivity contribution < 1.29 is 38.1 Å². The van der Waals surface area contributed by atoms with E-state index in [9.17, 15) is 19.5 Å². The van der Waals surface area contributed by atoms with E-state index in [4.69, 9.17) is 18.6 Å². The molecule has 1 aromatic rings. The van der Waals surface area contributed by atoms with Crippen LogP contribution in [0.3, 0.4) is 0 Å². The number of aliphatic hydroxyl groups is 1. The van der Waals surface area contributed by atoms with Crippen molar-refractivity contribution in [2.24, 2.45) is 22.7 Å². The van der Waals surface area contributed by atoms with E-state index in [0.29, 0.717) is 24.8 Å². The van der Waals surface area contributed by atoms with Gasteiger partial charge in [-0.25, -0.2) is 4.79 Å². The highest BCUT2D eigenvalue weighted by Gasteiger charge is 2.81. The molecule has 0 radical (unpaired) electrons. The number of furan rings is 1. The predicted octanol–water partition coefficient (Wildman–Crippen LogP) is 1.27. The highest BCUT2D eigenvalue weighted by molar-refractivity contribution is 5.94. The van der Waals surface area contributed by atoms with Crippen LogP contribution in [0.25, 0.3) is 0 Å². The third-order valence-electron chi connectivity index (χ3n) is 8.14. The first-order valence-electron chi connectivity index (χ1n) is 9.75. The van der Waals surface area contributed by atoms with Gasteiger partial charge in [-0.15, -0.1) is 0 Å². The maximum atomic E-state index is 13.3. The average molecular weight is 388 g/mol. The largest absolute Gasteiger partial charge is 0.472 e. The van der Waals surface area contributed by atoms with Crippen molar-refractivity contribution in [3.63, 3.8) is 0 Å². The van der Waals surface area contributed by atoms with Gasteiger partial charge >= 0.3 is 17.9 Å². The van der Waals surface area contributed by atoms with Crippen LogP contribution in [0.15, 0.2) is 23.0 Å². The number of rotatable bonds is 2. The van der Waals surface area contributed by atoms with E-state index in [1.54, 1.807) is 6.07 Å². The van der Waals surface area contributed by atoms with Crippen molar-refractivity contribution in [2.45, 2.75) is 49.9 Å². The molecule has 5 bridgehead atoms. The van der Waals surface area contributed by atoms with Gasteiger partial charge in [0.25, 0.3) is 0 Å². The molecular weight excluding hydrogens is 368 g/mol. The molecule has 5 saturated heterocycles. The first-order chi connectivity index (χ1) is 13.5. The molecule has 7 atom stereocenters. The summed E-state index contributed by atoms with van der Waals surface area (Å²) in [5, 5.41) is 10.7. The summed E-state index contributed by atoms with van der Waals surface area (Å²) in [6, 6.07) is 1.71. The van der Waals surface area contributed by atoms with Gasteiger partial charge in [-0.1, -0.05) is 0 Å². The van der Waals surface area contributed by atoms with Crippen molar-refractivity contribution in [3.05, 3.63) is 24.2 Å². The number of esters is 3. The van der Waals surface area contributed by atoms with Gasteiger partial charge in [-0.2, -0.15) is 0 Å². The van der Waals surface area contributed by atoms with E-state index >= 15 is 0 Å². The van der Waals surface area contributed by atoms with Gasteiger partial charge in [0, 0.05) is 18.4 Å². The lowest BCUT2D eigenvalue weighted by atomic mass is 9.41. The zero-order chi connectivity index (χ0) is 19.3. The van der Waals surface area contributed by atoms with Gasteiger partial charge in [0.15, 0.2) is 0 Å². The number of ether oxygens (including phenoxy) is 3. The Morgan fingerprint density at radius 2 is 1.96 bits per heavy atom. The molecular formula is C20H20O8. The summed E-state index contributed by atoms with van der Waals surface area (Å²) in [5.41, 5.74) is -3.01. The Balaban J connectivity index is 1.58. The average Bonchev–Trinajstić information content (AvgIpc) is 3.17. The Kier molecular flexibility index (Phi) is 2.95. The highest BCUT2D eigenvalue weighted by Crippen LogP contribution is 2.72. The minimum absolute atomic E-state index is 0.156. The smallest absolute Gasteiger partial charge is 0.351 e. The lowest BCUT2D eigenvalue weighted by Crippen LogP contribution is -2.72. The van der Waals surface area contributed by atoms with Gasteiger partial charge < -0.3 is 23.7 Å². The summed E-state index contributed by atoms with van der Waals surface area (Å²) >= 11 is 0. The second-order valence-corrected chi connectivity index (χ2v) is 8.86. The summed E-state index contributed by atoms with van der Waals surface area (Å²) in [5.74, 6) is -2.58. The predicted molar refractivity (Wildman–Crippen MR) is 88.3 cm³/mol. The maximum absolute atomic E-state index is 13.3. The van der Waals surface area contributed by atoms with Gasteiger partial charge in [0.05, 0.1) is 35.9 Å². The normalized spacial score (nSPS) is 48.4. The fourth-order valence-corrected chi connectivity index (χ4v) is 6.91. The van der Waals surface area contributed by atoms with Crippen molar-refractivity contribution in [2.75, 3.05) is 6.61 Å². The van der Waals surface area contributed by atoms with Crippen molar-refractivity contribution >= 4 is 17.9 Å². The molecule has 8 heteroatoms. The Morgan fingerprint density at radius 3 is 2.71 bits per heavy atom. The number of carbonyl (C=O) groups is 3. The second kappa shape index (κ2) is 4.97. The van der Waals surface area contributed by atoms with E-state index in [0.717, 1.165) is 0 Å². The number of cyclic esters (lactones) is 1. The van der Waals surface area contributed by atoms with Crippen LogP contribution in [0.1, 0.15) is 43.8 Å². The molecule has 0 aromatic carbocycles. The molecule has 148 valence electrons. The molecule has 8 nitrogen and oxygen atoms in total. The summed E-state index contributed by atoms with van der Waals surface area (Å²) < 4.78 is 22.3. The zero-order valence-corrected chi connectivity index (χ0v) is 15.1. The van der Waals surface area contributed by atoms with Crippen LogP contribution in [0.4, 0.5) is 0 Å². The van der Waals surface area contributed by atoms with Crippen LogP contribution < -0.4 is 0 Å². The molecule has 8 rings (SSSR count). The van der Waals surface area contributed by atoms with Crippen LogP contribution in [0.2, 0.25) is 0 Å². The number of aliphatic hydroxyl groups excluding tert-OH is 1.